The number of carbonyl (C=O) groups is 1. The van der Waals surface area contributed by atoms with Crippen molar-refractivity contribution < 1.29 is 9.21 Å². The lowest BCUT2D eigenvalue weighted by Crippen LogP contribution is -2.30. The Balaban J connectivity index is 1.84. The van der Waals surface area contributed by atoms with Crippen molar-refractivity contribution in [3.05, 3.63) is 23.7 Å². The maximum absolute atomic E-state index is 11.7. The van der Waals surface area contributed by atoms with Gasteiger partial charge in [-0.2, -0.15) is 0 Å². The Morgan fingerprint density at radius 2 is 2.38 bits per heavy atom. The Bertz CT molecular complexity index is 375. The third-order valence-corrected chi connectivity index (χ3v) is 4.26. The number of carbonyl (C=O) groups excluding carboxylic acids is 1. The molecule has 1 aliphatic carbocycles. The highest BCUT2D eigenvalue weighted by molar-refractivity contribution is 9.09. The molecule has 0 bridgehead atoms. The van der Waals surface area contributed by atoms with E-state index in [0.29, 0.717) is 16.5 Å². The lowest BCUT2D eigenvalue weighted by molar-refractivity contribution is 0.0919. The molecule has 1 amide bonds. The Kier molecular flexibility index (Phi) is 3.69. The molecule has 16 heavy (non-hydrogen) atoms. The van der Waals surface area contributed by atoms with Crippen molar-refractivity contribution in [2.45, 2.75) is 31.0 Å². The van der Waals surface area contributed by atoms with Gasteiger partial charge in [-0.15, -0.1) is 0 Å². The molecular formula is C12H16BrNO2. The van der Waals surface area contributed by atoms with E-state index in [0.717, 1.165) is 12.3 Å². The van der Waals surface area contributed by atoms with Gasteiger partial charge in [-0.05, 0) is 37.8 Å². The first-order chi connectivity index (χ1) is 7.66. The summed E-state index contributed by atoms with van der Waals surface area (Å²) in [5.74, 6) is 1.62. The molecular weight excluding hydrogens is 270 g/mol. The fraction of sp³-hybridized carbons (Fsp3) is 0.583. The summed E-state index contributed by atoms with van der Waals surface area (Å²) in [5, 5.41) is 2.92. The zero-order chi connectivity index (χ0) is 11.5. The molecule has 0 radical (unpaired) electrons. The van der Waals surface area contributed by atoms with E-state index in [-0.39, 0.29) is 5.91 Å². The number of halogens is 1. The third-order valence-electron chi connectivity index (χ3n) is 3.06. The Hall–Kier alpha value is -0.770. The number of aryl methyl sites for hydroxylation is 1. The predicted octanol–water partition coefficient (Wildman–Crippen LogP) is 2.88. The molecule has 3 nitrogen and oxygen atoms in total. The van der Waals surface area contributed by atoms with Crippen LogP contribution >= 0.6 is 15.9 Å². The first kappa shape index (κ1) is 11.7. The van der Waals surface area contributed by atoms with Gasteiger partial charge < -0.3 is 9.73 Å². The van der Waals surface area contributed by atoms with E-state index in [1.807, 2.05) is 6.92 Å². The second-order valence-electron chi connectivity index (χ2n) is 4.33. The fourth-order valence-electron chi connectivity index (χ4n) is 2.09. The molecule has 1 saturated carbocycles. The Morgan fingerprint density at radius 3 is 2.94 bits per heavy atom. The average molecular weight is 286 g/mol. The van der Waals surface area contributed by atoms with Crippen LogP contribution in [0, 0.1) is 12.8 Å². The molecule has 0 spiro atoms. The topological polar surface area (TPSA) is 42.2 Å². The third kappa shape index (κ3) is 2.67. The smallest absolute Gasteiger partial charge is 0.287 e. The summed E-state index contributed by atoms with van der Waals surface area (Å²) >= 11 is 3.64. The summed E-state index contributed by atoms with van der Waals surface area (Å²) in [7, 11) is 0. The summed E-state index contributed by atoms with van der Waals surface area (Å²) in [4.78, 5) is 12.2. The summed E-state index contributed by atoms with van der Waals surface area (Å²) in [6.45, 7) is 2.57. The van der Waals surface area contributed by atoms with Crippen LogP contribution < -0.4 is 5.32 Å². The number of hydrogen-bond donors (Lipinski definition) is 1. The van der Waals surface area contributed by atoms with Crippen LogP contribution in [0.1, 0.15) is 35.6 Å². The summed E-state index contributed by atoms with van der Waals surface area (Å²) in [5.41, 5.74) is 0. The van der Waals surface area contributed by atoms with Crippen molar-refractivity contribution in [1.29, 1.82) is 0 Å². The molecule has 88 valence electrons. The zero-order valence-corrected chi connectivity index (χ0v) is 10.9. The van der Waals surface area contributed by atoms with E-state index in [4.69, 9.17) is 4.42 Å². The first-order valence-electron chi connectivity index (χ1n) is 5.65. The minimum absolute atomic E-state index is 0.111. The molecule has 1 aromatic rings. The number of amides is 1. The van der Waals surface area contributed by atoms with Crippen molar-refractivity contribution in [3.63, 3.8) is 0 Å². The van der Waals surface area contributed by atoms with Gasteiger partial charge in [0.05, 0.1) is 0 Å². The van der Waals surface area contributed by atoms with Crippen molar-refractivity contribution >= 4 is 21.8 Å². The van der Waals surface area contributed by atoms with Gasteiger partial charge in [0, 0.05) is 11.4 Å². The van der Waals surface area contributed by atoms with Crippen molar-refractivity contribution in [2.24, 2.45) is 5.92 Å². The maximum Gasteiger partial charge on any atom is 0.287 e. The van der Waals surface area contributed by atoms with Crippen LogP contribution in [-0.2, 0) is 0 Å². The second kappa shape index (κ2) is 5.04. The molecule has 1 fully saturated rings. The highest BCUT2D eigenvalue weighted by atomic mass is 79.9. The van der Waals surface area contributed by atoms with Crippen LogP contribution in [0.5, 0.6) is 0 Å². The standard InChI is InChI=1S/C12H16BrNO2/c1-8-5-6-11(16-8)12(15)14-7-9-3-2-4-10(9)13/h5-6,9-10H,2-4,7H2,1H3,(H,14,15). The molecule has 2 unspecified atom stereocenters. The van der Waals surface area contributed by atoms with E-state index in [1.165, 1.54) is 19.3 Å². The molecule has 1 aromatic heterocycles. The minimum Gasteiger partial charge on any atom is -0.456 e. The average Bonchev–Trinajstić information content (AvgIpc) is 2.84. The molecule has 0 aliphatic heterocycles. The molecule has 2 rings (SSSR count). The molecule has 1 aliphatic rings. The fourth-order valence-corrected chi connectivity index (χ4v) is 2.86. The highest BCUT2D eigenvalue weighted by Crippen LogP contribution is 2.30. The molecule has 2 atom stereocenters. The predicted molar refractivity (Wildman–Crippen MR) is 65.8 cm³/mol. The van der Waals surface area contributed by atoms with Gasteiger partial charge in [-0.25, -0.2) is 0 Å². The van der Waals surface area contributed by atoms with Crippen LogP contribution in [-0.4, -0.2) is 17.3 Å². The van der Waals surface area contributed by atoms with Crippen molar-refractivity contribution in [3.8, 4) is 0 Å². The number of alkyl halides is 1. The largest absolute Gasteiger partial charge is 0.456 e. The van der Waals surface area contributed by atoms with Gasteiger partial charge in [0.15, 0.2) is 5.76 Å². The van der Waals surface area contributed by atoms with Crippen LogP contribution in [0.2, 0.25) is 0 Å². The van der Waals surface area contributed by atoms with E-state index in [9.17, 15) is 4.79 Å². The van der Waals surface area contributed by atoms with E-state index >= 15 is 0 Å². The number of rotatable bonds is 3. The van der Waals surface area contributed by atoms with Crippen LogP contribution in [0.3, 0.4) is 0 Å². The summed E-state index contributed by atoms with van der Waals surface area (Å²) in [6, 6.07) is 3.52. The molecule has 1 N–H and O–H groups in total. The Labute approximate surface area is 104 Å². The van der Waals surface area contributed by atoms with Gasteiger partial charge in [-0.1, -0.05) is 22.4 Å². The number of nitrogens with one attached hydrogen (secondary N) is 1. The maximum atomic E-state index is 11.7. The van der Waals surface area contributed by atoms with E-state index in [2.05, 4.69) is 21.2 Å². The van der Waals surface area contributed by atoms with Crippen molar-refractivity contribution in [2.75, 3.05) is 6.54 Å². The van der Waals surface area contributed by atoms with E-state index in [1.54, 1.807) is 12.1 Å². The van der Waals surface area contributed by atoms with Crippen LogP contribution in [0.4, 0.5) is 0 Å². The molecule has 0 saturated heterocycles. The molecule has 0 aromatic carbocycles. The van der Waals surface area contributed by atoms with Gasteiger partial charge in [0.1, 0.15) is 5.76 Å². The molecule has 1 heterocycles. The summed E-state index contributed by atoms with van der Waals surface area (Å²) < 4.78 is 5.26. The van der Waals surface area contributed by atoms with Crippen LogP contribution in [0.15, 0.2) is 16.5 Å². The van der Waals surface area contributed by atoms with Crippen molar-refractivity contribution in [1.82, 2.24) is 5.32 Å². The molecule has 4 heteroatoms. The van der Waals surface area contributed by atoms with Gasteiger partial charge in [0.2, 0.25) is 0 Å². The second-order valence-corrected chi connectivity index (χ2v) is 5.50. The van der Waals surface area contributed by atoms with E-state index < -0.39 is 0 Å². The van der Waals surface area contributed by atoms with Gasteiger partial charge >= 0.3 is 0 Å². The lowest BCUT2D eigenvalue weighted by Gasteiger charge is -2.13. The lowest BCUT2D eigenvalue weighted by atomic mass is 10.1. The minimum atomic E-state index is -0.111. The summed E-state index contributed by atoms with van der Waals surface area (Å²) in [6.07, 6.45) is 3.64. The zero-order valence-electron chi connectivity index (χ0n) is 9.33. The first-order valence-corrected chi connectivity index (χ1v) is 6.57. The highest BCUT2D eigenvalue weighted by Gasteiger charge is 2.25. The normalized spacial score (nSPS) is 24.6. The Morgan fingerprint density at radius 1 is 1.56 bits per heavy atom. The van der Waals surface area contributed by atoms with Gasteiger partial charge in [0.25, 0.3) is 5.91 Å². The van der Waals surface area contributed by atoms with Crippen LogP contribution in [0.25, 0.3) is 0 Å². The monoisotopic (exact) mass is 285 g/mol. The SMILES string of the molecule is Cc1ccc(C(=O)NCC2CCCC2Br)o1. The quantitative estimate of drug-likeness (QED) is 0.868. The van der Waals surface area contributed by atoms with Gasteiger partial charge in [-0.3, -0.25) is 4.79 Å². The number of hydrogen-bond acceptors (Lipinski definition) is 2. The number of furan rings is 1.